The third-order valence-corrected chi connectivity index (χ3v) is 4.44. The van der Waals surface area contributed by atoms with Crippen molar-refractivity contribution in [1.82, 2.24) is 9.80 Å². The monoisotopic (exact) mass is 318 g/mol. The van der Waals surface area contributed by atoms with Crippen LogP contribution in [0.4, 0.5) is 0 Å². The molecule has 128 valence electrons. The van der Waals surface area contributed by atoms with Gasteiger partial charge in [0.05, 0.1) is 6.61 Å². The molecule has 1 amide bonds. The van der Waals surface area contributed by atoms with Gasteiger partial charge in [-0.1, -0.05) is 33.8 Å². The lowest BCUT2D eigenvalue weighted by Gasteiger charge is -2.26. The molecule has 23 heavy (non-hydrogen) atoms. The number of benzene rings is 1. The Hall–Kier alpha value is -1.55. The molecule has 0 N–H and O–H groups in total. The van der Waals surface area contributed by atoms with Gasteiger partial charge < -0.3 is 9.64 Å². The molecule has 0 radical (unpaired) electrons. The second-order valence-corrected chi connectivity index (χ2v) is 6.65. The van der Waals surface area contributed by atoms with Crippen molar-refractivity contribution in [2.24, 2.45) is 5.92 Å². The van der Waals surface area contributed by atoms with Gasteiger partial charge >= 0.3 is 0 Å². The summed E-state index contributed by atoms with van der Waals surface area (Å²) in [5.74, 6) is 1.38. The molecule has 1 aliphatic heterocycles. The van der Waals surface area contributed by atoms with E-state index < -0.39 is 0 Å². The van der Waals surface area contributed by atoms with Gasteiger partial charge in [-0.15, -0.1) is 0 Å². The molecule has 1 saturated heterocycles. The average Bonchev–Trinajstić information content (AvgIpc) is 3.03. The highest BCUT2D eigenvalue weighted by Gasteiger charge is 2.29. The first-order chi connectivity index (χ1) is 11.0. The SMILES string of the molecule is CCN(CC)C1CCN(C(=O)c2cccc(OCC(C)C)c2)C1. The van der Waals surface area contributed by atoms with Gasteiger partial charge in [0, 0.05) is 24.7 Å². The Morgan fingerprint density at radius 2 is 2.09 bits per heavy atom. The summed E-state index contributed by atoms with van der Waals surface area (Å²) >= 11 is 0. The molecule has 1 unspecified atom stereocenters. The highest BCUT2D eigenvalue weighted by molar-refractivity contribution is 5.94. The number of hydrogen-bond donors (Lipinski definition) is 0. The van der Waals surface area contributed by atoms with Gasteiger partial charge in [-0.25, -0.2) is 0 Å². The largest absolute Gasteiger partial charge is 0.493 e. The smallest absolute Gasteiger partial charge is 0.254 e. The molecular formula is C19H30N2O2. The van der Waals surface area contributed by atoms with Gasteiger partial charge in [0.1, 0.15) is 5.75 Å². The molecule has 0 saturated carbocycles. The minimum absolute atomic E-state index is 0.120. The van der Waals surface area contributed by atoms with Crippen LogP contribution in [0.25, 0.3) is 0 Å². The van der Waals surface area contributed by atoms with E-state index in [9.17, 15) is 4.79 Å². The number of carbonyl (C=O) groups excluding carboxylic acids is 1. The predicted molar refractivity (Wildman–Crippen MR) is 94.0 cm³/mol. The molecular weight excluding hydrogens is 288 g/mol. The average molecular weight is 318 g/mol. The van der Waals surface area contributed by atoms with Gasteiger partial charge in [0.2, 0.25) is 0 Å². The van der Waals surface area contributed by atoms with Crippen molar-refractivity contribution in [2.75, 3.05) is 32.8 Å². The molecule has 0 bridgehead atoms. The molecule has 2 rings (SSSR count). The molecule has 1 heterocycles. The first kappa shape index (κ1) is 17.8. The predicted octanol–water partition coefficient (Wildman–Crippen LogP) is 3.28. The van der Waals surface area contributed by atoms with Crippen molar-refractivity contribution >= 4 is 5.91 Å². The van der Waals surface area contributed by atoms with Gasteiger partial charge in [0.25, 0.3) is 5.91 Å². The van der Waals surface area contributed by atoms with Crippen LogP contribution in [0.5, 0.6) is 5.75 Å². The maximum Gasteiger partial charge on any atom is 0.254 e. The highest BCUT2D eigenvalue weighted by Crippen LogP contribution is 2.20. The molecule has 1 fully saturated rings. The Kier molecular flexibility index (Phi) is 6.46. The van der Waals surface area contributed by atoms with E-state index in [1.54, 1.807) is 0 Å². The van der Waals surface area contributed by atoms with E-state index in [2.05, 4.69) is 32.6 Å². The number of likely N-dealkylation sites (tertiary alicyclic amines) is 1. The van der Waals surface area contributed by atoms with E-state index in [0.717, 1.165) is 43.9 Å². The summed E-state index contributed by atoms with van der Waals surface area (Å²) in [6.07, 6.45) is 1.07. The van der Waals surface area contributed by atoms with Gasteiger partial charge in [-0.2, -0.15) is 0 Å². The molecule has 1 aromatic carbocycles. The first-order valence-electron chi connectivity index (χ1n) is 8.81. The zero-order valence-corrected chi connectivity index (χ0v) is 14.9. The number of nitrogens with zero attached hydrogens (tertiary/aromatic N) is 2. The minimum atomic E-state index is 0.120. The van der Waals surface area contributed by atoms with E-state index in [-0.39, 0.29) is 5.91 Å². The second kappa shape index (κ2) is 8.34. The lowest BCUT2D eigenvalue weighted by atomic mass is 10.2. The maximum atomic E-state index is 12.7. The van der Waals surface area contributed by atoms with Gasteiger partial charge in [-0.3, -0.25) is 9.69 Å². The molecule has 0 aromatic heterocycles. The van der Waals surface area contributed by atoms with Crippen molar-refractivity contribution in [3.63, 3.8) is 0 Å². The number of rotatable bonds is 7. The van der Waals surface area contributed by atoms with E-state index >= 15 is 0 Å². The molecule has 4 heteroatoms. The Morgan fingerprint density at radius 1 is 1.35 bits per heavy atom. The summed E-state index contributed by atoms with van der Waals surface area (Å²) in [4.78, 5) is 17.2. The van der Waals surface area contributed by atoms with Gasteiger partial charge in [-0.05, 0) is 43.6 Å². The van der Waals surface area contributed by atoms with Gasteiger partial charge in [0.15, 0.2) is 0 Å². The Morgan fingerprint density at radius 3 is 2.74 bits per heavy atom. The molecule has 0 aliphatic carbocycles. The summed E-state index contributed by atoms with van der Waals surface area (Å²) < 4.78 is 5.74. The zero-order chi connectivity index (χ0) is 16.8. The van der Waals surface area contributed by atoms with E-state index in [4.69, 9.17) is 4.74 Å². The lowest BCUT2D eigenvalue weighted by Crippen LogP contribution is -2.38. The van der Waals surface area contributed by atoms with Crippen molar-refractivity contribution in [3.8, 4) is 5.75 Å². The number of ether oxygens (including phenoxy) is 1. The molecule has 1 aliphatic rings. The van der Waals surface area contributed by atoms with Crippen molar-refractivity contribution in [1.29, 1.82) is 0 Å². The standard InChI is InChI=1S/C19H30N2O2/c1-5-20(6-2)17-10-11-21(13-17)19(22)16-8-7-9-18(12-16)23-14-15(3)4/h7-9,12,15,17H,5-6,10-11,13-14H2,1-4H3. The molecule has 1 aromatic rings. The number of likely N-dealkylation sites (N-methyl/N-ethyl adjacent to an activating group) is 1. The maximum absolute atomic E-state index is 12.7. The third kappa shape index (κ3) is 4.71. The molecule has 1 atom stereocenters. The van der Waals surface area contributed by atoms with Crippen molar-refractivity contribution < 1.29 is 9.53 Å². The first-order valence-corrected chi connectivity index (χ1v) is 8.81. The fourth-order valence-corrected chi connectivity index (χ4v) is 3.13. The lowest BCUT2D eigenvalue weighted by molar-refractivity contribution is 0.0777. The fourth-order valence-electron chi connectivity index (χ4n) is 3.13. The number of hydrogen-bond acceptors (Lipinski definition) is 3. The second-order valence-electron chi connectivity index (χ2n) is 6.65. The Bertz CT molecular complexity index is 512. The van der Waals surface area contributed by atoms with Crippen LogP contribution in [-0.4, -0.2) is 54.5 Å². The summed E-state index contributed by atoms with van der Waals surface area (Å²) in [5.41, 5.74) is 0.728. The van der Waals surface area contributed by atoms with E-state index in [1.165, 1.54) is 0 Å². The number of amides is 1. The quantitative estimate of drug-likeness (QED) is 0.773. The van der Waals surface area contributed by atoms with Crippen LogP contribution in [0.15, 0.2) is 24.3 Å². The zero-order valence-electron chi connectivity index (χ0n) is 14.9. The summed E-state index contributed by atoms with van der Waals surface area (Å²) in [5, 5.41) is 0. The van der Waals surface area contributed by atoms with Crippen LogP contribution in [0.3, 0.4) is 0 Å². The van der Waals surface area contributed by atoms with Crippen LogP contribution in [0, 0.1) is 5.92 Å². The Balaban J connectivity index is 1.99. The summed E-state index contributed by atoms with van der Waals surface area (Å²) in [6, 6.07) is 8.07. The summed E-state index contributed by atoms with van der Waals surface area (Å²) in [6.45, 7) is 13.0. The van der Waals surface area contributed by atoms with Crippen molar-refractivity contribution in [3.05, 3.63) is 29.8 Å². The fraction of sp³-hybridized carbons (Fsp3) is 0.632. The van der Waals surface area contributed by atoms with Crippen molar-refractivity contribution in [2.45, 2.75) is 40.2 Å². The normalized spacial score (nSPS) is 18.0. The molecule has 4 nitrogen and oxygen atoms in total. The van der Waals surface area contributed by atoms with Crippen LogP contribution in [-0.2, 0) is 0 Å². The van der Waals surface area contributed by atoms with E-state index in [1.807, 2.05) is 29.2 Å². The van der Waals surface area contributed by atoms with E-state index in [0.29, 0.717) is 18.6 Å². The third-order valence-electron chi connectivity index (χ3n) is 4.44. The van der Waals surface area contributed by atoms with Crippen LogP contribution in [0.1, 0.15) is 44.5 Å². The van der Waals surface area contributed by atoms with Crippen LogP contribution < -0.4 is 4.74 Å². The van der Waals surface area contributed by atoms with Crippen LogP contribution in [0.2, 0.25) is 0 Å². The topological polar surface area (TPSA) is 32.8 Å². The highest BCUT2D eigenvalue weighted by atomic mass is 16.5. The number of carbonyl (C=O) groups is 1. The summed E-state index contributed by atoms with van der Waals surface area (Å²) in [7, 11) is 0. The molecule has 0 spiro atoms. The Labute approximate surface area is 140 Å². The van der Waals surface area contributed by atoms with Crippen LogP contribution >= 0.6 is 0 Å². The minimum Gasteiger partial charge on any atom is -0.493 e.